The minimum absolute atomic E-state index is 0.0508. The van der Waals surface area contributed by atoms with Gasteiger partial charge in [-0.05, 0) is 33.7 Å². The minimum atomic E-state index is -0.246. The van der Waals surface area contributed by atoms with Crippen LogP contribution < -0.4 is 10.1 Å². The standard InChI is InChI=1S/C15H29N3O2/c1-7-15(8-2,20-10-4)14(16-5)13-12(19-6)11-17-18(13)9-3/h11,14,16H,7-10H2,1-6H3. The second-order valence-electron chi connectivity index (χ2n) is 4.84. The Kier molecular flexibility index (Phi) is 6.49. The van der Waals surface area contributed by atoms with Crippen LogP contribution in [0.15, 0.2) is 6.20 Å². The van der Waals surface area contributed by atoms with Gasteiger partial charge >= 0.3 is 0 Å². The van der Waals surface area contributed by atoms with Crippen molar-refractivity contribution in [1.82, 2.24) is 15.1 Å². The molecule has 5 heteroatoms. The highest BCUT2D eigenvalue weighted by Crippen LogP contribution is 2.38. The van der Waals surface area contributed by atoms with Crippen LogP contribution in [0.25, 0.3) is 0 Å². The minimum Gasteiger partial charge on any atom is -0.493 e. The zero-order chi connectivity index (χ0) is 15.2. The fraction of sp³-hybridized carbons (Fsp3) is 0.800. The first-order valence-electron chi connectivity index (χ1n) is 7.54. The van der Waals surface area contributed by atoms with E-state index in [9.17, 15) is 0 Å². The highest BCUT2D eigenvalue weighted by atomic mass is 16.5. The summed E-state index contributed by atoms with van der Waals surface area (Å²) in [5, 5.41) is 7.83. The summed E-state index contributed by atoms with van der Waals surface area (Å²) in [6.07, 6.45) is 3.65. The number of hydrogen-bond donors (Lipinski definition) is 1. The summed E-state index contributed by atoms with van der Waals surface area (Å²) in [5.41, 5.74) is 0.818. The molecular formula is C15H29N3O2. The van der Waals surface area contributed by atoms with Gasteiger partial charge in [-0.25, -0.2) is 0 Å². The number of aromatic nitrogens is 2. The number of ether oxygens (including phenoxy) is 2. The second-order valence-corrected chi connectivity index (χ2v) is 4.84. The average molecular weight is 283 g/mol. The number of nitrogens with one attached hydrogen (secondary N) is 1. The van der Waals surface area contributed by atoms with Gasteiger partial charge in [-0.1, -0.05) is 13.8 Å². The van der Waals surface area contributed by atoms with E-state index in [1.807, 2.05) is 18.7 Å². The van der Waals surface area contributed by atoms with Gasteiger partial charge in [0.05, 0.1) is 24.9 Å². The Morgan fingerprint density at radius 3 is 2.35 bits per heavy atom. The molecule has 1 aromatic heterocycles. The van der Waals surface area contributed by atoms with Crippen molar-refractivity contribution in [3.05, 3.63) is 11.9 Å². The summed E-state index contributed by atoms with van der Waals surface area (Å²) in [6, 6.07) is 0.0508. The lowest BCUT2D eigenvalue weighted by atomic mass is 9.85. The molecule has 0 spiro atoms. The molecule has 1 heterocycles. The molecule has 1 unspecified atom stereocenters. The number of likely N-dealkylation sites (N-methyl/N-ethyl adjacent to an activating group) is 1. The fourth-order valence-corrected chi connectivity index (χ4v) is 2.96. The summed E-state index contributed by atoms with van der Waals surface area (Å²) in [4.78, 5) is 0. The van der Waals surface area contributed by atoms with Crippen LogP contribution in [0.2, 0.25) is 0 Å². The molecule has 0 fully saturated rings. The zero-order valence-corrected chi connectivity index (χ0v) is 13.7. The number of nitrogens with zero attached hydrogens (tertiary/aromatic N) is 2. The van der Waals surface area contributed by atoms with Gasteiger partial charge in [0, 0.05) is 13.2 Å². The van der Waals surface area contributed by atoms with Crippen LogP contribution in [0.4, 0.5) is 0 Å². The number of methoxy groups -OCH3 is 1. The molecule has 0 aliphatic carbocycles. The molecule has 0 radical (unpaired) electrons. The maximum absolute atomic E-state index is 6.14. The summed E-state index contributed by atoms with van der Waals surface area (Å²) < 4.78 is 13.6. The van der Waals surface area contributed by atoms with Gasteiger partial charge in [0.1, 0.15) is 5.69 Å². The normalized spacial score (nSPS) is 13.5. The van der Waals surface area contributed by atoms with Gasteiger partial charge in [-0.3, -0.25) is 4.68 Å². The average Bonchev–Trinajstić information content (AvgIpc) is 2.89. The lowest BCUT2D eigenvalue weighted by Crippen LogP contribution is -2.45. The first-order valence-corrected chi connectivity index (χ1v) is 7.54. The molecule has 1 N–H and O–H groups in total. The van der Waals surface area contributed by atoms with Crippen LogP contribution in [0, 0.1) is 0 Å². The van der Waals surface area contributed by atoms with E-state index in [2.05, 4.69) is 31.2 Å². The van der Waals surface area contributed by atoms with Crippen molar-refractivity contribution in [2.45, 2.75) is 58.7 Å². The van der Waals surface area contributed by atoms with Gasteiger partial charge in [0.2, 0.25) is 0 Å². The third kappa shape index (κ3) is 2.99. The van der Waals surface area contributed by atoms with Crippen LogP contribution in [-0.2, 0) is 11.3 Å². The lowest BCUT2D eigenvalue weighted by molar-refractivity contribution is -0.0739. The van der Waals surface area contributed by atoms with E-state index in [1.54, 1.807) is 13.3 Å². The molecule has 0 aliphatic rings. The molecule has 0 amide bonds. The van der Waals surface area contributed by atoms with E-state index < -0.39 is 0 Å². The molecule has 0 saturated carbocycles. The van der Waals surface area contributed by atoms with Gasteiger partial charge in [0.25, 0.3) is 0 Å². The van der Waals surface area contributed by atoms with Crippen molar-refractivity contribution in [3.8, 4) is 5.75 Å². The molecule has 0 bridgehead atoms. The van der Waals surface area contributed by atoms with Crippen molar-refractivity contribution < 1.29 is 9.47 Å². The van der Waals surface area contributed by atoms with Crippen molar-refractivity contribution in [2.24, 2.45) is 0 Å². The van der Waals surface area contributed by atoms with Crippen LogP contribution in [0.3, 0.4) is 0 Å². The second kappa shape index (κ2) is 7.64. The molecule has 0 aliphatic heterocycles. The van der Waals surface area contributed by atoms with Gasteiger partial charge < -0.3 is 14.8 Å². The summed E-state index contributed by atoms with van der Waals surface area (Å²) in [6.45, 7) is 9.98. The number of aryl methyl sites for hydroxylation is 1. The van der Waals surface area contributed by atoms with Crippen molar-refractivity contribution in [1.29, 1.82) is 0 Å². The van der Waals surface area contributed by atoms with E-state index >= 15 is 0 Å². The molecule has 116 valence electrons. The Bertz CT molecular complexity index is 378. The molecule has 20 heavy (non-hydrogen) atoms. The predicted octanol–water partition coefficient (Wildman–Crippen LogP) is 2.77. The Balaban J connectivity index is 3.32. The molecule has 0 aromatic carbocycles. The van der Waals surface area contributed by atoms with Crippen LogP contribution in [-0.4, -0.2) is 36.1 Å². The van der Waals surface area contributed by atoms with Crippen molar-refractivity contribution >= 4 is 0 Å². The van der Waals surface area contributed by atoms with Gasteiger partial charge in [-0.2, -0.15) is 5.10 Å². The van der Waals surface area contributed by atoms with E-state index in [-0.39, 0.29) is 11.6 Å². The topological polar surface area (TPSA) is 48.3 Å². The molecule has 5 nitrogen and oxygen atoms in total. The van der Waals surface area contributed by atoms with E-state index in [4.69, 9.17) is 9.47 Å². The fourth-order valence-electron chi connectivity index (χ4n) is 2.96. The summed E-state index contributed by atoms with van der Waals surface area (Å²) >= 11 is 0. The smallest absolute Gasteiger partial charge is 0.161 e. The lowest BCUT2D eigenvalue weighted by Gasteiger charge is -2.39. The number of rotatable bonds is 9. The third-order valence-electron chi connectivity index (χ3n) is 4.08. The van der Waals surface area contributed by atoms with E-state index in [0.29, 0.717) is 6.61 Å². The summed E-state index contributed by atoms with van der Waals surface area (Å²) in [7, 11) is 3.66. The van der Waals surface area contributed by atoms with E-state index in [1.165, 1.54) is 0 Å². The van der Waals surface area contributed by atoms with Gasteiger partial charge in [-0.15, -0.1) is 0 Å². The largest absolute Gasteiger partial charge is 0.493 e. The third-order valence-corrected chi connectivity index (χ3v) is 4.08. The summed E-state index contributed by atoms with van der Waals surface area (Å²) in [5.74, 6) is 0.817. The molecule has 1 atom stereocenters. The molecule has 1 rings (SSSR count). The Morgan fingerprint density at radius 2 is 1.95 bits per heavy atom. The Morgan fingerprint density at radius 1 is 1.30 bits per heavy atom. The van der Waals surface area contributed by atoms with Crippen molar-refractivity contribution in [2.75, 3.05) is 20.8 Å². The maximum Gasteiger partial charge on any atom is 0.161 e. The van der Waals surface area contributed by atoms with Crippen LogP contribution >= 0.6 is 0 Å². The highest BCUT2D eigenvalue weighted by Gasteiger charge is 2.40. The van der Waals surface area contributed by atoms with Crippen molar-refractivity contribution in [3.63, 3.8) is 0 Å². The van der Waals surface area contributed by atoms with Crippen LogP contribution in [0.5, 0.6) is 5.75 Å². The maximum atomic E-state index is 6.14. The molecular weight excluding hydrogens is 254 g/mol. The Labute approximate surface area is 122 Å². The Hall–Kier alpha value is -1.07. The SMILES string of the molecule is CCOC(CC)(CC)C(NC)c1c(OC)cnn1CC. The van der Waals surface area contributed by atoms with Gasteiger partial charge in [0.15, 0.2) is 5.75 Å². The predicted molar refractivity (Wildman–Crippen MR) is 81.2 cm³/mol. The monoisotopic (exact) mass is 283 g/mol. The highest BCUT2D eigenvalue weighted by molar-refractivity contribution is 5.30. The van der Waals surface area contributed by atoms with Crippen LogP contribution in [0.1, 0.15) is 52.3 Å². The number of hydrogen-bond acceptors (Lipinski definition) is 4. The van der Waals surface area contributed by atoms with E-state index in [0.717, 1.165) is 30.8 Å². The first kappa shape index (κ1) is 17.0. The first-order chi connectivity index (χ1) is 9.63. The molecule has 0 saturated heterocycles. The quantitative estimate of drug-likeness (QED) is 0.757. The zero-order valence-electron chi connectivity index (χ0n) is 13.7. The molecule has 1 aromatic rings.